The fourth-order valence-electron chi connectivity index (χ4n) is 2.24. The SMILES string of the molecule is CN=C(NCc1ccc(C(N)=O)o1)N(C)Cc1ccc(OC)cc1. The van der Waals surface area contributed by atoms with Crippen LogP contribution in [0.2, 0.25) is 0 Å². The van der Waals surface area contributed by atoms with E-state index in [2.05, 4.69) is 10.3 Å². The van der Waals surface area contributed by atoms with Gasteiger partial charge in [0.1, 0.15) is 11.5 Å². The van der Waals surface area contributed by atoms with Crippen LogP contribution in [0.3, 0.4) is 0 Å². The second-order valence-corrected chi connectivity index (χ2v) is 5.24. The van der Waals surface area contributed by atoms with Gasteiger partial charge in [0.05, 0.1) is 13.7 Å². The fraction of sp³-hybridized carbons (Fsp3) is 0.294. The first-order valence-electron chi connectivity index (χ1n) is 7.46. The number of carbonyl (C=O) groups is 1. The van der Waals surface area contributed by atoms with Crippen LogP contribution in [0.15, 0.2) is 45.8 Å². The van der Waals surface area contributed by atoms with Crippen molar-refractivity contribution < 1.29 is 13.9 Å². The largest absolute Gasteiger partial charge is 0.497 e. The summed E-state index contributed by atoms with van der Waals surface area (Å²) < 4.78 is 10.5. The maximum absolute atomic E-state index is 11.0. The molecule has 0 saturated heterocycles. The summed E-state index contributed by atoms with van der Waals surface area (Å²) in [7, 11) is 5.30. The van der Waals surface area contributed by atoms with Crippen LogP contribution in [0.5, 0.6) is 5.75 Å². The van der Waals surface area contributed by atoms with E-state index in [-0.39, 0.29) is 5.76 Å². The van der Waals surface area contributed by atoms with Gasteiger partial charge in [0.15, 0.2) is 11.7 Å². The van der Waals surface area contributed by atoms with Gasteiger partial charge in [-0.25, -0.2) is 0 Å². The Morgan fingerprint density at radius 3 is 2.54 bits per heavy atom. The third-order valence-electron chi connectivity index (χ3n) is 3.48. The molecule has 1 amide bonds. The summed E-state index contributed by atoms with van der Waals surface area (Å²) in [4.78, 5) is 17.3. The normalized spacial score (nSPS) is 11.2. The van der Waals surface area contributed by atoms with E-state index in [1.807, 2.05) is 36.2 Å². The predicted molar refractivity (Wildman–Crippen MR) is 91.9 cm³/mol. The summed E-state index contributed by atoms with van der Waals surface area (Å²) in [6.45, 7) is 1.10. The number of nitrogens with one attached hydrogen (secondary N) is 1. The van der Waals surface area contributed by atoms with Crippen LogP contribution >= 0.6 is 0 Å². The molecule has 0 fully saturated rings. The molecule has 1 heterocycles. The van der Waals surface area contributed by atoms with Crippen molar-refractivity contribution in [3.63, 3.8) is 0 Å². The maximum atomic E-state index is 11.0. The van der Waals surface area contributed by atoms with Crippen molar-refractivity contribution >= 4 is 11.9 Å². The van der Waals surface area contributed by atoms with Gasteiger partial charge in [-0.3, -0.25) is 9.79 Å². The van der Waals surface area contributed by atoms with Gasteiger partial charge in [-0.15, -0.1) is 0 Å². The Hall–Kier alpha value is -2.96. The molecule has 2 rings (SSSR count). The number of benzene rings is 1. The molecule has 0 radical (unpaired) electrons. The second-order valence-electron chi connectivity index (χ2n) is 5.24. The van der Waals surface area contributed by atoms with Gasteiger partial charge in [0.25, 0.3) is 5.91 Å². The van der Waals surface area contributed by atoms with E-state index >= 15 is 0 Å². The summed E-state index contributed by atoms with van der Waals surface area (Å²) in [5, 5.41) is 3.19. The number of aliphatic imine (C=N–C) groups is 1. The minimum absolute atomic E-state index is 0.147. The minimum atomic E-state index is -0.581. The molecule has 3 N–H and O–H groups in total. The van der Waals surface area contributed by atoms with E-state index in [0.717, 1.165) is 11.3 Å². The molecule has 7 nitrogen and oxygen atoms in total. The maximum Gasteiger partial charge on any atom is 0.284 e. The van der Waals surface area contributed by atoms with Gasteiger partial charge in [-0.05, 0) is 29.8 Å². The van der Waals surface area contributed by atoms with Crippen molar-refractivity contribution in [3.05, 3.63) is 53.5 Å². The summed E-state index contributed by atoms with van der Waals surface area (Å²) in [6.07, 6.45) is 0. The molecule has 1 aromatic carbocycles. The van der Waals surface area contributed by atoms with Gasteiger partial charge in [-0.2, -0.15) is 0 Å². The number of nitrogens with zero attached hydrogens (tertiary/aromatic N) is 2. The number of furan rings is 1. The number of hydrogen-bond acceptors (Lipinski definition) is 4. The lowest BCUT2D eigenvalue weighted by Gasteiger charge is -2.22. The van der Waals surface area contributed by atoms with Crippen LogP contribution in [0.4, 0.5) is 0 Å². The highest BCUT2D eigenvalue weighted by molar-refractivity contribution is 5.89. The number of amides is 1. The number of hydrogen-bond donors (Lipinski definition) is 2. The highest BCUT2D eigenvalue weighted by atomic mass is 16.5. The zero-order valence-electron chi connectivity index (χ0n) is 14.1. The molecule has 0 aliphatic rings. The van der Waals surface area contributed by atoms with Crippen LogP contribution in [-0.4, -0.2) is 38.0 Å². The van der Waals surface area contributed by atoms with Crippen LogP contribution in [0.1, 0.15) is 21.9 Å². The number of carbonyl (C=O) groups excluding carboxylic acids is 1. The Kier molecular flexibility index (Phi) is 5.83. The van der Waals surface area contributed by atoms with Crippen LogP contribution in [0, 0.1) is 0 Å². The predicted octanol–water partition coefficient (Wildman–Crippen LogP) is 1.59. The van der Waals surface area contributed by atoms with Crippen LogP contribution in [0.25, 0.3) is 0 Å². The summed E-state index contributed by atoms with van der Waals surface area (Å²) >= 11 is 0. The minimum Gasteiger partial charge on any atom is -0.497 e. The second kappa shape index (κ2) is 8.05. The molecule has 1 aromatic heterocycles. The molecule has 0 aliphatic carbocycles. The van der Waals surface area contributed by atoms with E-state index in [9.17, 15) is 4.79 Å². The van der Waals surface area contributed by atoms with Gasteiger partial charge in [-0.1, -0.05) is 12.1 Å². The lowest BCUT2D eigenvalue weighted by atomic mass is 10.2. The van der Waals surface area contributed by atoms with Gasteiger partial charge in [0.2, 0.25) is 0 Å². The van der Waals surface area contributed by atoms with Crippen molar-refractivity contribution in [1.29, 1.82) is 0 Å². The van der Waals surface area contributed by atoms with Crippen molar-refractivity contribution in [2.75, 3.05) is 21.2 Å². The molecule has 0 unspecified atom stereocenters. The van der Waals surface area contributed by atoms with Gasteiger partial charge < -0.3 is 25.1 Å². The molecular formula is C17H22N4O3. The highest BCUT2D eigenvalue weighted by Crippen LogP contribution is 2.13. The lowest BCUT2D eigenvalue weighted by Crippen LogP contribution is -2.37. The highest BCUT2D eigenvalue weighted by Gasteiger charge is 2.10. The number of methoxy groups -OCH3 is 1. The van der Waals surface area contributed by atoms with E-state index in [1.165, 1.54) is 0 Å². The Labute approximate surface area is 141 Å². The zero-order chi connectivity index (χ0) is 17.5. The number of rotatable bonds is 6. The van der Waals surface area contributed by atoms with E-state index in [4.69, 9.17) is 14.9 Å². The number of nitrogens with two attached hydrogens (primary N) is 1. The van der Waals surface area contributed by atoms with E-state index in [0.29, 0.717) is 24.8 Å². The quantitative estimate of drug-likeness (QED) is 0.620. The number of primary amides is 1. The molecule has 7 heteroatoms. The topological polar surface area (TPSA) is 93.1 Å². The molecule has 128 valence electrons. The summed E-state index contributed by atoms with van der Waals surface area (Å²) in [6, 6.07) is 11.1. The Morgan fingerprint density at radius 2 is 2.00 bits per heavy atom. The standard InChI is InChI=1S/C17H22N4O3/c1-19-17(20-10-14-8-9-15(24-14)16(18)22)21(2)11-12-4-6-13(23-3)7-5-12/h4-9H,10-11H2,1-3H3,(H2,18,22)(H,19,20). The molecular weight excluding hydrogens is 308 g/mol. The first-order valence-corrected chi connectivity index (χ1v) is 7.46. The monoisotopic (exact) mass is 330 g/mol. The first kappa shape index (κ1) is 17.4. The molecule has 0 bridgehead atoms. The van der Waals surface area contributed by atoms with E-state index in [1.54, 1.807) is 26.3 Å². The average Bonchev–Trinajstić information content (AvgIpc) is 3.05. The van der Waals surface area contributed by atoms with E-state index < -0.39 is 5.91 Å². The Bertz CT molecular complexity index is 707. The fourth-order valence-corrected chi connectivity index (χ4v) is 2.24. The van der Waals surface area contributed by atoms with Crippen LogP contribution in [-0.2, 0) is 13.1 Å². The lowest BCUT2D eigenvalue weighted by molar-refractivity contribution is 0.0972. The first-order chi connectivity index (χ1) is 11.5. The average molecular weight is 330 g/mol. The Morgan fingerprint density at radius 1 is 1.29 bits per heavy atom. The molecule has 24 heavy (non-hydrogen) atoms. The van der Waals surface area contributed by atoms with Gasteiger partial charge in [0, 0.05) is 20.6 Å². The van der Waals surface area contributed by atoms with Crippen molar-refractivity contribution in [3.8, 4) is 5.75 Å². The molecule has 0 saturated carbocycles. The molecule has 0 spiro atoms. The third-order valence-corrected chi connectivity index (χ3v) is 3.48. The third kappa shape index (κ3) is 4.52. The summed E-state index contributed by atoms with van der Waals surface area (Å²) in [5.41, 5.74) is 6.30. The zero-order valence-corrected chi connectivity index (χ0v) is 14.1. The molecule has 0 aliphatic heterocycles. The van der Waals surface area contributed by atoms with Crippen LogP contribution < -0.4 is 15.8 Å². The van der Waals surface area contributed by atoms with Crippen molar-refractivity contribution in [1.82, 2.24) is 10.2 Å². The molecule has 0 atom stereocenters. The van der Waals surface area contributed by atoms with Crippen molar-refractivity contribution in [2.45, 2.75) is 13.1 Å². The van der Waals surface area contributed by atoms with Crippen molar-refractivity contribution in [2.24, 2.45) is 10.7 Å². The molecule has 2 aromatic rings. The number of guanidine groups is 1. The summed E-state index contributed by atoms with van der Waals surface area (Å²) in [5.74, 6) is 1.72. The van der Waals surface area contributed by atoms with Gasteiger partial charge >= 0.3 is 0 Å². The number of ether oxygens (including phenoxy) is 1. The Balaban J connectivity index is 1.92. The smallest absolute Gasteiger partial charge is 0.284 e.